The van der Waals surface area contributed by atoms with Crippen LogP contribution in [0.3, 0.4) is 0 Å². The van der Waals surface area contributed by atoms with E-state index in [0.717, 1.165) is 6.07 Å². The molecule has 0 aromatic heterocycles. The van der Waals surface area contributed by atoms with E-state index in [9.17, 15) is 16.8 Å². The molecule has 0 amide bonds. The minimum atomic E-state index is -4.79. The van der Waals surface area contributed by atoms with E-state index in [1.165, 1.54) is 19.1 Å². The van der Waals surface area contributed by atoms with Crippen molar-refractivity contribution < 1.29 is 28.8 Å². The van der Waals surface area contributed by atoms with Gasteiger partial charge in [-0.05, 0) is 24.1 Å². The molecule has 18 heavy (non-hydrogen) atoms. The third kappa shape index (κ3) is 3.77. The Morgan fingerprint density at radius 3 is 2.00 bits per heavy atom. The molecule has 0 aliphatic rings. The van der Waals surface area contributed by atoms with Crippen LogP contribution in [0.25, 0.3) is 5.57 Å². The Kier molecular flexibility index (Phi) is 5.53. The first-order valence-electron chi connectivity index (χ1n) is 4.29. The summed E-state index contributed by atoms with van der Waals surface area (Å²) in [5.74, 6) is 0. The second kappa shape index (κ2) is 5.67. The van der Waals surface area contributed by atoms with Crippen molar-refractivity contribution in [2.75, 3.05) is 0 Å². The average molecular weight is 305 g/mol. The smallest absolute Gasteiger partial charge is 1.00 e. The molecule has 1 aromatic carbocycles. The van der Waals surface area contributed by atoms with Gasteiger partial charge in [0.25, 0.3) is 20.2 Å². The average Bonchev–Trinajstić information content (AvgIpc) is 2.13. The van der Waals surface area contributed by atoms with Crippen molar-refractivity contribution in [2.24, 2.45) is 0 Å². The van der Waals surface area contributed by atoms with Crippen LogP contribution >= 0.6 is 0 Å². The minimum Gasteiger partial charge on any atom is -1.00 e. The summed E-state index contributed by atoms with van der Waals surface area (Å²) in [6.45, 7) is 4.91. The molecule has 0 saturated heterocycles. The van der Waals surface area contributed by atoms with Crippen molar-refractivity contribution in [3.63, 3.8) is 0 Å². The molecule has 2 N–H and O–H groups in total. The van der Waals surface area contributed by atoms with Gasteiger partial charge in [-0.25, -0.2) is 0 Å². The number of hydrogen-bond acceptors (Lipinski definition) is 4. The van der Waals surface area contributed by atoms with Gasteiger partial charge in [0.05, 0.1) is 0 Å². The monoisotopic (exact) mass is 304 g/mol. The number of benzene rings is 1. The maximum absolute atomic E-state index is 11.2. The molecule has 9 heteroatoms. The molecule has 0 saturated carbocycles. The van der Waals surface area contributed by atoms with Crippen LogP contribution in [0.5, 0.6) is 0 Å². The Labute approximate surface area is 124 Å². The van der Waals surface area contributed by atoms with E-state index < -0.39 is 30.0 Å². The molecule has 0 heterocycles. The Morgan fingerprint density at radius 2 is 1.67 bits per heavy atom. The van der Waals surface area contributed by atoms with E-state index in [1.807, 2.05) is 0 Å². The van der Waals surface area contributed by atoms with Gasteiger partial charge in [0.15, 0.2) is 0 Å². The summed E-state index contributed by atoms with van der Waals surface area (Å²) in [5, 5.41) is 0. The van der Waals surface area contributed by atoms with Gasteiger partial charge >= 0.3 is 23.1 Å². The van der Waals surface area contributed by atoms with Crippen LogP contribution in [0.15, 0.2) is 34.6 Å². The standard InChI is InChI=1S/C9H10O6S2.Mg.2H/c1-6(2)7-4-3-5-8(16(10,11)12)9(7)17(13,14)15;;;/h3-5H,1H2,2H3,(H,10,11,12)(H,13,14,15);;;/q;+2;2*-1. The molecule has 98 valence electrons. The molecule has 0 aliphatic carbocycles. The molecule has 0 bridgehead atoms. The summed E-state index contributed by atoms with van der Waals surface area (Å²) in [6.07, 6.45) is 0. The third-order valence-corrected chi connectivity index (χ3v) is 3.96. The number of allylic oxidation sites excluding steroid dienone is 1. The maximum atomic E-state index is 11.2. The fourth-order valence-electron chi connectivity index (χ4n) is 1.32. The van der Waals surface area contributed by atoms with Gasteiger partial charge < -0.3 is 2.85 Å². The quantitative estimate of drug-likeness (QED) is 0.638. The fourth-order valence-corrected chi connectivity index (χ4v) is 3.39. The van der Waals surface area contributed by atoms with Gasteiger partial charge in [0.1, 0.15) is 9.79 Å². The Morgan fingerprint density at radius 1 is 1.17 bits per heavy atom. The van der Waals surface area contributed by atoms with Crippen molar-refractivity contribution in [3.8, 4) is 0 Å². The molecule has 0 unspecified atom stereocenters. The zero-order chi connectivity index (χ0) is 13.4. The van der Waals surface area contributed by atoms with Gasteiger partial charge in [-0.2, -0.15) is 16.8 Å². The van der Waals surface area contributed by atoms with Crippen LogP contribution in [0, 0.1) is 0 Å². The van der Waals surface area contributed by atoms with E-state index in [1.54, 1.807) is 0 Å². The number of hydrogen-bond donors (Lipinski definition) is 2. The predicted molar refractivity (Wildman–Crippen MR) is 68.8 cm³/mol. The summed E-state index contributed by atoms with van der Waals surface area (Å²) in [5.41, 5.74) is 0.172. The molecule has 0 aliphatic heterocycles. The molecule has 1 aromatic rings. The topological polar surface area (TPSA) is 109 Å². The third-order valence-electron chi connectivity index (χ3n) is 1.97. The summed E-state index contributed by atoms with van der Waals surface area (Å²) < 4.78 is 62.3. The zero-order valence-corrected chi connectivity index (χ0v) is 12.5. The van der Waals surface area contributed by atoms with Crippen LogP contribution in [0.2, 0.25) is 0 Å². The maximum Gasteiger partial charge on any atom is 2.00 e. The van der Waals surface area contributed by atoms with Crippen LogP contribution in [-0.2, 0) is 20.2 Å². The Hall–Kier alpha value is -0.454. The zero-order valence-electron chi connectivity index (χ0n) is 11.5. The first-order valence-corrected chi connectivity index (χ1v) is 7.17. The van der Waals surface area contributed by atoms with Gasteiger partial charge in [-0.1, -0.05) is 18.7 Å². The minimum absolute atomic E-state index is 0. The Bertz CT molecular complexity index is 684. The van der Waals surface area contributed by atoms with Crippen molar-refractivity contribution in [1.82, 2.24) is 0 Å². The molecular formula is C9H12MgO6S2. The molecule has 1 rings (SSSR count). The fraction of sp³-hybridized carbons (Fsp3) is 0.111. The first-order chi connectivity index (χ1) is 7.55. The van der Waals surface area contributed by atoms with Crippen molar-refractivity contribution in [3.05, 3.63) is 30.3 Å². The van der Waals surface area contributed by atoms with Crippen molar-refractivity contribution >= 4 is 48.9 Å². The molecule has 0 atom stereocenters. The Balaban J connectivity index is -0.000000963. The molecular weight excluding hydrogens is 293 g/mol. The predicted octanol–water partition coefficient (Wildman–Crippen LogP) is 1.06. The van der Waals surface area contributed by atoms with Gasteiger partial charge in [0, 0.05) is 0 Å². The van der Waals surface area contributed by atoms with Gasteiger partial charge in [-0.3, -0.25) is 9.11 Å². The van der Waals surface area contributed by atoms with Crippen molar-refractivity contribution in [1.29, 1.82) is 0 Å². The normalized spacial score (nSPS) is 11.7. The SMILES string of the molecule is C=C(C)c1cccc(S(=O)(=O)O)c1S(=O)(=O)O.[H-].[H-].[Mg+2]. The van der Waals surface area contributed by atoms with E-state index >= 15 is 0 Å². The van der Waals surface area contributed by atoms with E-state index in [0.29, 0.717) is 0 Å². The summed E-state index contributed by atoms with van der Waals surface area (Å²) >= 11 is 0. The van der Waals surface area contributed by atoms with E-state index in [-0.39, 0.29) is 37.0 Å². The summed E-state index contributed by atoms with van der Waals surface area (Å²) in [7, 11) is -9.55. The summed E-state index contributed by atoms with van der Waals surface area (Å²) in [4.78, 5) is -1.74. The summed E-state index contributed by atoms with van der Waals surface area (Å²) in [6, 6.07) is 3.40. The van der Waals surface area contributed by atoms with Crippen LogP contribution in [0.4, 0.5) is 0 Å². The molecule has 0 radical (unpaired) electrons. The number of rotatable bonds is 3. The second-order valence-corrected chi connectivity index (χ2v) is 6.11. The van der Waals surface area contributed by atoms with E-state index in [2.05, 4.69) is 6.58 Å². The molecule has 0 spiro atoms. The van der Waals surface area contributed by atoms with Crippen molar-refractivity contribution in [2.45, 2.75) is 16.7 Å². The van der Waals surface area contributed by atoms with E-state index in [4.69, 9.17) is 9.11 Å². The van der Waals surface area contributed by atoms with Crippen LogP contribution < -0.4 is 0 Å². The first kappa shape index (κ1) is 17.5. The molecule has 0 fully saturated rings. The largest absolute Gasteiger partial charge is 2.00 e. The van der Waals surface area contributed by atoms with Crippen LogP contribution in [-0.4, -0.2) is 49.0 Å². The second-order valence-electron chi connectivity index (χ2n) is 3.36. The van der Waals surface area contributed by atoms with Gasteiger partial charge in [-0.15, -0.1) is 0 Å². The van der Waals surface area contributed by atoms with Crippen LogP contribution in [0.1, 0.15) is 15.3 Å². The molecule has 6 nitrogen and oxygen atoms in total. The van der Waals surface area contributed by atoms with Gasteiger partial charge in [0.2, 0.25) is 0 Å².